The van der Waals surface area contributed by atoms with E-state index >= 15 is 0 Å². The van der Waals surface area contributed by atoms with E-state index in [1.807, 2.05) is 0 Å². The molecule has 4 aliphatic rings. The Kier molecular flexibility index (Phi) is 19.8. The molecule has 0 saturated carbocycles. The van der Waals surface area contributed by atoms with Crippen molar-refractivity contribution in [1.29, 1.82) is 0 Å². The van der Waals surface area contributed by atoms with Gasteiger partial charge in [-0.1, -0.05) is 380 Å². The first-order valence-electron chi connectivity index (χ1n) is 50.6. The number of nitrogens with zero attached hydrogens (tertiary/aromatic N) is 5. The second kappa shape index (κ2) is 32.7. The van der Waals surface area contributed by atoms with E-state index < -0.39 is 5.41 Å². The Balaban J connectivity index is 0.853. The van der Waals surface area contributed by atoms with Crippen LogP contribution >= 0.6 is 0 Å². The summed E-state index contributed by atoms with van der Waals surface area (Å²) in [6.07, 6.45) is 6.61. The summed E-state index contributed by atoms with van der Waals surface area (Å²) >= 11 is 0. The van der Waals surface area contributed by atoms with Crippen LogP contribution in [0.1, 0.15) is 123 Å². The normalized spacial score (nSPS) is 13.2. The molecule has 0 radical (unpaired) electrons. The monoisotopic (exact) mass is 1820 g/mol. The number of hydrogen-bond acceptors (Lipinski definition) is 2. The van der Waals surface area contributed by atoms with Crippen LogP contribution in [0.2, 0.25) is 0 Å². The molecule has 5 nitrogen and oxygen atoms in total. The maximum Gasteiger partial charge on any atom is 0.252 e. The highest BCUT2D eigenvalue weighted by molar-refractivity contribution is 7.00. The molecular formula is C136H110BN5. The minimum atomic E-state index is -0.438. The SMILES string of the molecule is CC(C)(C)c1cccc(-n2c3ccc4cc3c3cc(ccc32)-c2cccc(c2)-c2cc(C(C)(C)C)cc(-c3ccc(-c5ccccc5)cc3)c2N2c3cc(-n5c6ccccc6c6ccc(-c7ccccc7)cc65)ccc3B3c5ccc(-n6c7c(c8ccc(-c9ccccc9)cc86)C=CCC7)cc5N(c5cc(C(C)(C)C)cc2c53)c2c(-c3ccc(-c5ccccc5)cc3)cc(C(C)(C)C)cc2-c2cccc-4c2)c1. The second-order valence-electron chi connectivity index (χ2n) is 43.9. The summed E-state index contributed by atoms with van der Waals surface area (Å²) in [6.45, 7) is 28.4. The van der Waals surface area contributed by atoms with Gasteiger partial charge in [0.1, 0.15) is 0 Å². The minimum Gasteiger partial charge on any atom is -0.313 e. The molecule has 19 aromatic carbocycles. The zero-order chi connectivity index (χ0) is 96.1. The van der Waals surface area contributed by atoms with Crippen LogP contribution in [0.15, 0.2) is 419 Å². The number of benzene rings is 19. The highest BCUT2D eigenvalue weighted by Crippen LogP contribution is 2.58. The van der Waals surface area contributed by atoms with Crippen LogP contribution in [0.4, 0.5) is 34.1 Å². The lowest BCUT2D eigenvalue weighted by molar-refractivity contribution is 0.590. The average molecular weight is 1830 g/mol. The summed E-state index contributed by atoms with van der Waals surface area (Å²) in [5.74, 6) is 0. The van der Waals surface area contributed by atoms with Gasteiger partial charge in [-0.15, -0.1) is 0 Å². The molecule has 3 aliphatic heterocycles. The minimum absolute atomic E-state index is 0.0848. The van der Waals surface area contributed by atoms with E-state index in [0.717, 1.165) is 170 Å². The van der Waals surface area contributed by atoms with Crippen molar-refractivity contribution < 1.29 is 0 Å². The molecule has 0 spiro atoms. The van der Waals surface area contributed by atoms with Gasteiger partial charge in [-0.05, 0) is 290 Å². The molecule has 142 heavy (non-hydrogen) atoms. The van der Waals surface area contributed by atoms with Gasteiger partial charge in [0.05, 0.1) is 39.0 Å². The Hall–Kier alpha value is -16.3. The van der Waals surface area contributed by atoms with Gasteiger partial charge in [-0.25, -0.2) is 0 Å². The molecule has 13 bridgehead atoms. The van der Waals surface area contributed by atoms with Crippen LogP contribution in [0, 0.1) is 0 Å². The van der Waals surface area contributed by atoms with Crippen molar-refractivity contribution in [1.82, 2.24) is 13.7 Å². The molecule has 6 heterocycles. The summed E-state index contributed by atoms with van der Waals surface area (Å²) in [6, 6.07) is 160. The third-order valence-corrected chi connectivity index (χ3v) is 31.0. The Bertz CT molecular complexity index is 8930. The van der Waals surface area contributed by atoms with Crippen LogP contribution in [0.5, 0.6) is 0 Å². The molecule has 1 aliphatic carbocycles. The van der Waals surface area contributed by atoms with Gasteiger partial charge in [-0.2, -0.15) is 0 Å². The van der Waals surface area contributed by atoms with Gasteiger partial charge in [0.25, 0.3) is 6.71 Å². The summed E-state index contributed by atoms with van der Waals surface area (Å²) in [5.41, 5.74) is 48.8. The maximum atomic E-state index is 2.82. The van der Waals surface area contributed by atoms with E-state index in [-0.39, 0.29) is 23.0 Å². The van der Waals surface area contributed by atoms with Crippen molar-refractivity contribution in [2.24, 2.45) is 0 Å². The van der Waals surface area contributed by atoms with E-state index in [1.54, 1.807) is 0 Å². The van der Waals surface area contributed by atoms with Gasteiger partial charge < -0.3 is 23.5 Å². The summed E-state index contributed by atoms with van der Waals surface area (Å²) in [4.78, 5) is 5.62. The van der Waals surface area contributed by atoms with Crippen LogP contribution in [-0.4, -0.2) is 20.4 Å². The quantitative estimate of drug-likeness (QED) is 0.134. The molecule has 682 valence electrons. The van der Waals surface area contributed by atoms with Crippen molar-refractivity contribution >= 4 is 118 Å². The maximum absolute atomic E-state index is 2.82. The topological polar surface area (TPSA) is 21.3 Å². The summed E-state index contributed by atoms with van der Waals surface area (Å²) in [5, 5.41) is 6.03. The smallest absolute Gasteiger partial charge is 0.252 e. The predicted molar refractivity (Wildman–Crippen MR) is 606 cm³/mol. The largest absolute Gasteiger partial charge is 0.313 e. The van der Waals surface area contributed by atoms with Gasteiger partial charge in [-0.3, -0.25) is 0 Å². The number of para-hydroxylation sites is 1. The van der Waals surface area contributed by atoms with E-state index in [1.165, 1.54) is 110 Å². The lowest BCUT2D eigenvalue weighted by Crippen LogP contribution is -2.61. The second-order valence-corrected chi connectivity index (χ2v) is 43.9. The van der Waals surface area contributed by atoms with E-state index in [2.05, 4.69) is 531 Å². The highest BCUT2D eigenvalue weighted by atomic mass is 15.2. The van der Waals surface area contributed by atoms with Crippen molar-refractivity contribution in [2.45, 2.75) is 118 Å². The van der Waals surface area contributed by atoms with Crippen LogP contribution < -0.4 is 26.2 Å². The summed E-state index contributed by atoms with van der Waals surface area (Å²) < 4.78 is 7.75. The molecular weight excluding hydrogens is 1710 g/mol. The Morgan fingerprint density at radius 1 is 0.218 bits per heavy atom. The van der Waals surface area contributed by atoms with Gasteiger partial charge >= 0.3 is 0 Å². The van der Waals surface area contributed by atoms with Gasteiger partial charge in [0, 0.05) is 100 Å². The molecule has 0 fully saturated rings. The number of allylic oxidation sites excluding steroid dienone is 1. The molecule has 0 unspecified atom stereocenters. The van der Waals surface area contributed by atoms with E-state index in [9.17, 15) is 0 Å². The number of fused-ring (bicyclic) bond motifs is 26. The fraction of sp³-hybridized carbons (Fsp3) is 0.132. The third-order valence-electron chi connectivity index (χ3n) is 31.0. The average Bonchev–Trinajstić information content (AvgIpc) is 1.35. The van der Waals surface area contributed by atoms with Crippen LogP contribution in [-0.2, 0) is 28.1 Å². The third kappa shape index (κ3) is 14.2. The molecule has 0 amide bonds. The first-order valence-corrected chi connectivity index (χ1v) is 50.6. The zero-order valence-corrected chi connectivity index (χ0v) is 82.6. The predicted octanol–water partition coefficient (Wildman–Crippen LogP) is 35.0. The lowest BCUT2D eigenvalue weighted by Gasteiger charge is -2.47. The van der Waals surface area contributed by atoms with E-state index in [4.69, 9.17) is 0 Å². The molecule has 0 saturated heterocycles. The van der Waals surface area contributed by atoms with Crippen molar-refractivity contribution in [2.75, 3.05) is 9.80 Å². The Morgan fingerprint density at radius 2 is 0.563 bits per heavy atom. The number of hydrogen-bond donors (Lipinski definition) is 0. The first-order chi connectivity index (χ1) is 68.9. The molecule has 26 rings (SSSR count). The van der Waals surface area contributed by atoms with E-state index in [0.29, 0.717) is 0 Å². The van der Waals surface area contributed by atoms with Crippen LogP contribution in [0.25, 0.3) is 189 Å². The molecule has 6 heteroatoms. The fourth-order valence-corrected chi connectivity index (χ4v) is 23.5. The fourth-order valence-electron chi connectivity index (χ4n) is 23.5. The molecule has 3 aromatic heterocycles. The number of rotatable bonds is 9. The molecule has 0 atom stereocenters. The first kappa shape index (κ1) is 86.1. The van der Waals surface area contributed by atoms with Crippen molar-refractivity contribution in [3.05, 3.63) is 452 Å². The number of aromatic nitrogens is 3. The van der Waals surface area contributed by atoms with Crippen LogP contribution in [0.3, 0.4) is 0 Å². The summed E-state index contributed by atoms with van der Waals surface area (Å²) in [7, 11) is 0. The van der Waals surface area contributed by atoms with Crippen molar-refractivity contribution in [3.8, 4) is 128 Å². The lowest BCUT2D eigenvalue weighted by atomic mass is 9.33. The molecule has 0 N–H and O–H groups in total. The van der Waals surface area contributed by atoms with Gasteiger partial charge in [0.2, 0.25) is 0 Å². The molecule has 22 aromatic rings. The highest BCUT2D eigenvalue weighted by Gasteiger charge is 2.47. The van der Waals surface area contributed by atoms with Gasteiger partial charge in [0.15, 0.2) is 0 Å². The number of anilines is 6. The Labute approximate surface area is 833 Å². The Morgan fingerprint density at radius 3 is 1.05 bits per heavy atom. The van der Waals surface area contributed by atoms with Crippen molar-refractivity contribution in [3.63, 3.8) is 0 Å². The standard InChI is InChI=1S/C136H110BN5/c1-133(2,3)101-44-31-45-105(76-101)138-122-68-60-95-72-116(122)117-73-96(61-69-123(117)138)94-41-30-43-100(71-94)115-80-103(135(7,8)9)78-113(92-56-52-90(53-57-92)86-34-19-14-20-35-86)132(115)142-127-84-107(140-121-49-28-26-47-109(121)111-65-59-98(75-125(111)140)88-38-23-16-24-39-88)63-67-119(127)137-118-66-62-106(139-120-48-27-25-46-108(120)110-64-58-97(74-124(110)139)87-36-21-15-22-37-87)83-126(118)141(128-81-104(136(10,11)12)82-129(142)130(128)137)131-112(91-54-50-89(51-55-91)85-32-17-13-18-33-85)77-102(134(4,5)6)79-114(131)99-42-29-40-93(95)70-99/h13-27,29-48,50-84H,28,49H2,1-12H3. The zero-order valence-electron chi connectivity index (χ0n) is 82.6.